The van der Waals surface area contributed by atoms with Gasteiger partial charge in [0.05, 0.1) is 11.2 Å². The van der Waals surface area contributed by atoms with Crippen LogP contribution in [0.2, 0.25) is 0 Å². The normalized spacial score (nSPS) is 57.0. The molecule has 0 heterocycles. The topological polar surface area (TPSA) is 66.8 Å². The second-order valence-corrected chi connectivity index (χ2v) is 11.0. The van der Waals surface area contributed by atoms with Crippen molar-refractivity contribution in [3.05, 3.63) is 0 Å². The molecule has 6 fully saturated rings. The number of carbonyl (C=O) groups excluding carboxylic acids is 1. The van der Waals surface area contributed by atoms with Crippen molar-refractivity contribution in [3.63, 3.8) is 0 Å². The molecule has 0 aromatic rings. The first-order valence-electron chi connectivity index (χ1n) is 10.6. The van der Waals surface area contributed by atoms with Gasteiger partial charge in [0.15, 0.2) is 5.41 Å². The summed E-state index contributed by atoms with van der Waals surface area (Å²) in [6.07, 6.45) is -2.45. The van der Waals surface area contributed by atoms with Gasteiger partial charge in [-0.25, -0.2) is 0 Å². The summed E-state index contributed by atoms with van der Waals surface area (Å²) in [5.41, 5.74) is -5.90. The fraction of sp³-hybridized carbons (Fsp3) is 0.952. The van der Waals surface area contributed by atoms with Gasteiger partial charge in [-0.05, 0) is 61.7 Å². The standard InChI is InChI=1S/C21H29F3O4/c1-11-12(2)15-3-14(11)7-20(15,21(22,23)24)16(25)28-19-6-13-4-17(26,9-19)8-18(27,5-13)10-19/h11-15,26-27H,3-10H2,1-2H3. The lowest BCUT2D eigenvalue weighted by Gasteiger charge is -2.62. The average molecular weight is 402 g/mol. The Kier molecular flexibility index (Phi) is 3.60. The zero-order chi connectivity index (χ0) is 20.3. The number of aliphatic hydroxyl groups is 2. The molecule has 0 aromatic heterocycles. The quantitative estimate of drug-likeness (QED) is 0.693. The van der Waals surface area contributed by atoms with E-state index in [1.54, 1.807) is 0 Å². The molecule has 28 heavy (non-hydrogen) atoms. The van der Waals surface area contributed by atoms with Crippen LogP contribution in [0.4, 0.5) is 13.2 Å². The summed E-state index contributed by atoms with van der Waals surface area (Å²) < 4.78 is 48.8. The number of hydrogen-bond donors (Lipinski definition) is 2. The minimum absolute atomic E-state index is 0.0140. The SMILES string of the molecule is CC1C2CC(C1C)C(C(=O)OC13CC4CC(O)(CC(O)(C4)C1)C3)(C(F)(F)F)C2. The Hall–Kier alpha value is -0.820. The van der Waals surface area contributed by atoms with E-state index >= 15 is 0 Å². The van der Waals surface area contributed by atoms with Gasteiger partial charge in [-0.3, -0.25) is 4.79 Å². The highest BCUT2D eigenvalue weighted by Gasteiger charge is 2.75. The van der Waals surface area contributed by atoms with E-state index in [0.717, 1.165) is 0 Å². The molecule has 7 heteroatoms. The second kappa shape index (κ2) is 5.26. The van der Waals surface area contributed by atoms with Gasteiger partial charge in [0, 0.05) is 19.3 Å². The van der Waals surface area contributed by atoms with Crippen LogP contribution >= 0.6 is 0 Å². The van der Waals surface area contributed by atoms with Gasteiger partial charge in [0.25, 0.3) is 0 Å². The first-order valence-corrected chi connectivity index (χ1v) is 10.6. The van der Waals surface area contributed by atoms with Gasteiger partial charge in [-0.2, -0.15) is 13.2 Å². The summed E-state index contributed by atoms with van der Waals surface area (Å²) >= 11 is 0. The molecule has 7 unspecified atom stereocenters. The first-order chi connectivity index (χ1) is 12.8. The van der Waals surface area contributed by atoms with Gasteiger partial charge < -0.3 is 14.9 Å². The lowest BCUT2D eigenvalue weighted by Crippen LogP contribution is -2.68. The highest BCUT2D eigenvalue weighted by Crippen LogP contribution is 2.68. The summed E-state index contributed by atoms with van der Waals surface area (Å²) in [6, 6.07) is 0. The fourth-order valence-corrected chi connectivity index (χ4v) is 8.36. The highest BCUT2D eigenvalue weighted by atomic mass is 19.4. The van der Waals surface area contributed by atoms with Crippen LogP contribution in [0.3, 0.4) is 0 Å². The van der Waals surface area contributed by atoms with Crippen molar-refractivity contribution >= 4 is 5.97 Å². The lowest BCUT2D eigenvalue weighted by atomic mass is 9.50. The zero-order valence-corrected chi connectivity index (χ0v) is 16.4. The predicted molar refractivity (Wildman–Crippen MR) is 92.9 cm³/mol. The van der Waals surface area contributed by atoms with Crippen LogP contribution < -0.4 is 0 Å². The summed E-state index contributed by atoms with van der Waals surface area (Å²) in [5, 5.41) is 21.7. The summed E-state index contributed by atoms with van der Waals surface area (Å²) in [5.74, 6) is -2.05. The maximum Gasteiger partial charge on any atom is 0.405 e. The zero-order valence-electron chi connectivity index (χ0n) is 16.4. The van der Waals surface area contributed by atoms with E-state index in [1.165, 1.54) is 0 Å². The summed E-state index contributed by atoms with van der Waals surface area (Å²) in [7, 11) is 0. The van der Waals surface area contributed by atoms with E-state index in [9.17, 15) is 28.2 Å². The molecule has 6 aliphatic carbocycles. The summed E-state index contributed by atoms with van der Waals surface area (Å²) in [6.45, 7) is 3.80. The van der Waals surface area contributed by atoms with Crippen LogP contribution in [0.5, 0.6) is 0 Å². The molecule has 0 aromatic carbocycles. The van der Waals surface area contributed by atoms with Gasteiger partial charge >= 0.3 is 12.1 Å². The lowest BCUT2D eigenvalue weighted by molar-refractivity contribution is -0.286. The summed E-state index contributed by atoms with van der Waals surface area (Å²) in [4.78, 5) is 13.2. The minimum Gasteiger partial charge on any atom is -0.458 e. The monoisotopic (exact) mass is 402 g/mol. The molecule has 6 aliphatic rings. The number of ether oxygens (including phenoxy) is 1. The van der Waals surface area contributed by atoms with Crippen LogP contribution in [0.25, 0.3) is 0 Å². The maximum atomic E-state index is 14.3. The third-order valence-corrected chi connectivity index (χ3v) is 9.12. The number of rotatable bonds is 2. The van der Waals surface area contributed by atoms with Crippen LogP contribution in [0.15, 0.2) is 0 Å². The number of alkyl halides is 3. The van der Waals surface area contributed by atoms with E-state index in [0.29, 0.717) is 25.7 Å². The molecule has 158 valence electrons. The Morgan fingerprint density at radius 2 is 1.57 bits per heavy atom. The van der Waals surface area contributed by atoms with Crippen molar-refractivity contribution in [1.82, 2.24) is 0 Å². The predicted octanol–water partition coefficient (Wildman–Crippen LogP) is 3.59. The first kappa shape index (κ1) is 19.2. The van der Waals surface area contributed by atoms with Crippen LogP contribution in [-0.2, 0) is 9.53 Å². The molecular weight excluding hydrogens is 373 g/mol. The van der Waals surface area contributed by atoms with Crippen molar-refractivity contribution in [2.24, 2.45) is 35.0 Å². The number of fused-ring (bicyclic) bond motifs is 2. The van der Waals surface area contributed by atoms with E-state index < -0.39 is 40.3 Å². The Balaban J connectivity index is 1.48. The molecule has 6 rings (SSSR count). The van der Waals surface area contributed by atoms with Crippen LogP contribution in [0.1, 0.15) is 65.2 Å². The van der Waals surface area contributed by atoms with E-state index in [1.807, 2.05) is 13.8 Å². The fourth-order valence-electron chi connectivity index (χ4n) is 8.36. The Morgan fingerprint density at radius 1 is 0.964 bits per heavy atom. The minimum atomic E-state index is -4.66. The van der Waals surface area contributed by atoms with Crippen molar-refractivity contribution in [1.29, 1.82) is 0 Å². The number of hydrogen-bond acceptors (Lipinski definition) is 4. The largest absolute Gasteiger partial charge is 0.458 e. The van der Waals surface area contributed by atoms with Crippen molar-refractivity contribution in [2.75, 3.05) is 0 Å². The maximum absolute atomic E-state index is 14.3. The van der Waals surface area contributed by atoms with E-state index in [-0.39, 0.29) is 49.4 Å². The smallest absolute Gasteiger partial charge is 0.405 e. The molecule has 0 radical (unpaired) electrons. The average Bonchev–Trinajstić information content (AvgIpc) is 3.01. The van der Waals surface area contributed by atoms with Crippen molar-refractivity contribution in [3.8, 4) is 0 Å². The van der Waals surface area contributed by atoms with Crippen molar-refractivity contribution in [2.45, 2.75) is 88.2 Å². The van der Waals surface area contributed by atoms with Gasteiger partial charge in [-0.15, -0.1) is 0 Å². The highest BCUT2D eigenvalue weighted by molar-refractivity contribution is 5.80. The van der Waals surface area contributed by atoms with Crippen LogP contribution in [-0.4, -0.2) is 39.2 Å². The molecule has 6 saturated carbocycles. The van der Waals surface area contributed by atoms with Gasteiger partial charge in [0.2, 0.25) is 0 Å². The molecule has 2 N–H and O–H groups in total. The second-order valence-electron chi connectivity index (χ2n) is 11.0. The third-order valence-electron chi connectivity index (χ3n) is 9.12. The van der Waals surface area contributed by atoms with E-state index in [4.69, 9.17) is 4.74 Å². The number of esters is 1. The molecule has 0 amide bonds. The number of halogens is 3. The van der Waals surface area contributed by atoms with Crippen LogP contribution in [0, 0.1) is 35.0 Å². The third kappa shape index (κ3) is 2.35. The van der Waals surface area contributed by atoms with Gasteiger partial charge in [0.1, 0.15) is 5.60 Å². The molecule has 4 nitrogen and oxygen atoms in total. The Morgan fingerprint density at radius 3 is 2.04 bits per heavy atom. The molecule has 6 bridgehead atoms. The van der Waals surface area contributed by atoms with Crippen molar-refractivity contribution < 1.29 is 32.9 Å². The number of carbonyl (C=O) groups is 1. The molecular formula is C21H29F3O4. The van der Waals surface area contributed by atoms with Gasteiger partial charge in [-0.1, -0.05) is 13.8 Å². The van der Waals surface area contributed by atoms with E-state index in [2.05, 4.69) is 0 Å². The Bertz CT molecular complexity index is 701. The molecule has 7 atom stereocenters. The Labute approximate surface area is 162 Å². The molecule has 0 spiro atoms. The molecule has 0 saturated heterocycles. The molecule has 0 aliphatic heterocycles.